The second-order valence-electron chi connectivity index (χ2n) is 12.1. The molecule has 3 aliphatic carbocycles. The minimum Gasteiger partial charge on any atom is -0.493 e. The summed E-state index contributed by atoms with van der Waals surface area (Å²) in [6.45, 7) is 0. The van der Waals surface area contributed by atoms with Crippen molar-refractivity contribution in [1.82, 2.24) is 0 Å². The lowest BCUT2D eigenvalue weighted by Crippen LogP contribution is -2.35. The van der Waals surface area contributed by atoms with Gasteiger partial charge in [-0.3, -0.25) is 0 Å². The average molecular weight is 549 g/mol. The molecule has 2 unspecified atom stereocenters. The Morgan fingerprint density at radius 2 is 1.52 bits per heavy atom. The molecule has 0 radical (unpaired) electrons. The molecule has 0 amide bonds. The maximum absolute atomic E-state index is 7.47. The molecule has 42 heavy (non-hydrogen) atoms. The second-order valence-corrected chi connectivity index (χ2v) is 12.1. The number of rotatable bonds is 4. The van der Waals surface area contributed by atoms with Crippen molar-refractivity contribution in [1.29, 1.82) is 0 Å². The Morgan fingerprint density at radius 3 is 2.24 bits per heavy atom. The monoisotopic (exact) mass is 548 g/mol. The molecule has 9 rings (SSSR count). The molecule has 1 aliphatic heterocycles. The van der Waals surface area contributed by atoms with Gasteiger partial charge in [0.15, 0.2) is 17.1 Å². The molecule has 0 spiro atoms. The van der Waals surface area contributed by atoms with Crippen LogP contribution in [0.15, 0.2) is 91.0 Å². The van der Waals surface area contributed by atoms with Gasteiger partial charge in [0.1, 0.15) is 5.75 Å². The van der Waals surface area contributed by atoms with Crippen LogP contribution in [0, 0.1) is 0 Å². The van der Waals surface area contributed by atoms with Crippen LogP contribution in [0.1, 0.15) is 70.0 Å². The quantitative estimate of drug-likeness (QED) is 0.220. The van der Waals surface area contributed by atoms with Gasteiger partial charge in [0.25, 0.3) is 0 Å². The van der Waals surface area contributed by atoms with Crippen molar-refractivity contribution in [3.05, 3.63) is 130 Å². The molecule has 0 saturated heterocycles. The molecule has 5 aromatic rings. The highest BCUT2D eigenvalue weighted by Crippen LogP contribution is 2.64. The maximum Gasteiger partial charge on any atom is 0.178 e. The minimum atomic E-state index is -0.749. The fourth-order valence-electron chi connectivity index (χ4n) is 8.65. The largest absolute Gasteiger partial charge is 0.493 e. The summed E-state index contributed by atoms with van der Waals surface area (Å²) in [4.78, 5) is 0. The molecule has 1 heterocycles. The van der Waals surface area contributed by atoms with Crippen LogP contribution in [0.3, 0.4) is 0 Å². The highest BCUT2D eigenvalue weighted by molar-refractivity contribution is 6.12. The van der Waals surface area contributed by atoms with Crippen LogP contribution in [0.5, 0.6) is 17.2 Å². The molecule has 5 aromatic carbocycles. The van der Waals surface area contributed by atoms with Crippen LogP contribution in [0.25, 0.3) is 28.0 Å². The molecule has 2 atom stereocenters. The van der Waals surface area contributed by atoms with Gasteiger partial charge in [-0.25, -0.2) is 0 Å². The van der Waals surface area contributed by atoms with Gasteiger partial charge in [-0.05, 0) is 64.6 Å². The van der Waals surface area contributed by atoms with Crippen molar-refractivity contribution in [3.63, 3.8) is 0 Å². The Morgan fingerprint density at radius 1 is 0.786 bits per heavy atom. The summed E-state index contributed by atoms with van der Waals surface area (Å²) in [5, 5.41) is 2.38. The normalized spacial score (nSPS) is 20.0. The standard InChI is InChI=1S/C39H32O3/c1-40-32-22-31-35-30(38(32)41-2)21-23-11-9-17-27-26-16-10-18-28(26)34(36(35)33(23)27)29-19-20-39(42-37(29)31,24-12-5-3-6-13-24)25-14-7-4-8-15-25/h3-9,11-15,17,19-20,22,26,28H,10,16,18,21H2,1-2H3. The Labute approximate surface area is 246 Å². The Bertz CT molecular complexity index is 1900. The molecule has 0 bridgehead atoms. The van der Waals surface area contributed by atoms with Gasteiger partial charge in [-0.15, -0.1) is 0 Å². The van der Waals surface area contributed by atoms with E-state index in [1.807, 2.05) is 0 Å². The van der Waals surface area contributed by atoms with Gasteiger partial charge in [0.2, 0.25) is 0 Å². The zero-order valence-electron chi connectivity index (χ0n) is 23.9. The first-order valence-corrected chi connectivity index (χ1v) is 15.1. The van der Waals surface area contributed by atoms with Gasteiger partial charge in [0, 0.05) is 39.4 Å². The van der Waals surface area contributed by atoms with E-state index in [9.17, 15) is 0 Å². The van der Waals surface area contributed by atoms with Crippen molar-refractivity contribution in [2.75, 3.05) is 14.2 Å². The second kappa shape index (κ2) is 8.75. The predicted molar refractivity (Wildman–Crippen MR) is 168 cm³/mol. The maximum atomic E-state index is 7.47. The van der Waals surface area contributed by atoms with E-state index in [1.165, 1.54) is 63.6 Å². The number of fused-ring (bicyclic) bond motifs is 6. The number of hydrogen-bond donors (Lipinski definition) is 0. The third kappa shape index (κ3) is 3.01. The molecule has 206 valence electrons. The van der Waals surface area contributed by atoms with E-state index >= 15 is 0 Å². The molecule has 1 fully saturated rings. The number of hydrogen-bond acceptors (Lipinski definition) is 3. The summed E-state index contributed by atoms with van der Waals surface area (Å²) in [6.07, 6.45) is 9.20. The molecule has 3 heteroatoms. The lowest BCUT2D eigenvalue weighted by molar-refractivity contribution is 0.163. The number of methoxy groups -OCH3 is 2. The Kier molecular flexibility index (Phi) is 5.03. The van der Waals surface area contributed by atoms with Crippen molar-refractivity contribution < 1.29 is 14.2 Å². The molecular formula is C39H32O3. The van der Waals surface area contributed by atoms with Crippen LogP contribution in [-0.4, -0.2) is 14.2 Å². The van der Waals surface area contributed by atoms with Gasteiger partial charge in [-0.2, -0.15) is 0 Å². The number of ether oxygens (including phenoxy) is 3. The fraction of sp³-hybridized carbons (Fsp3) is 0.231. The topological polar surface area (TPSA) is 27.7 Å². The minimum absolute atomic E-state index is 0.481. The third-order valence-electron chi connectivity index (χ3n) is 10.3. The summed E-state index contributed by atoms with van der Waals surface area (Å²) in [5.41, 5.74) is 11.2. The van der Waals surface area contributed by atoms with Crippen LogP contribution in [0.2, 0.25) is 0 Å². The predicted octanol–water partition coefficient (Wildman–Crippen LogP) is 9.14. The van der Waals surface area contributed by atoms with Gasteiger partial charge in [-0.1, -0.05) is 91.4 Å². The van der Waals surface area contributed by atoms with Gasteiger partial charge < -0.3 is 14.2 Å². The van der Waals surface area contributed by atoms with Crippen LogP contribution in [0.4, 0.5) is 0 Å². The van der Waals surface area contributed by atoms with Crippen molar-refractivity contribution in [2.45, 2.75) is 43.1 Å². The lowest BCUT2D eigenvalue weighted by atomic mass is 9.65. The summed E-state index contributed by atoms with van der Waals surface area (Å²) < 4.78 is 19.6. The Balaban J connectivity index is 1.43. The molecule has 4 aliphatic rings. The van der Waals surface area contributed by atoms with E-state index in [0.29, 0.717) is 11.8 Å². The highest BCUT2D eigenvalue weighted by Gasteiger charge is 2.46. The smallest absolute Gasteiger partial charge is 0.178 e. The number of benzene rings is 5. The zero-order valence-corrected chi connectivity index (χ0v) is 23.9. The molecule has 0 N–H and O–H groups in total. The van der Waals surface area contributed by atoms with E-state index in [1.54, 1.807) is 14.2 Å². The zero-order chi connectivity index (χ0) is 28.0. The van der Waals surface area contributed by atoms with E-state index in [-0.39, 0.29) is 0 Å². The van der Waals surface area contributed by atoms with Crippen molar-refractivity contribution in [2.24, 2.45) is 0 Å². The average Bonchev–Trinajstić information content (AvgIpc) is 3.55. The van der Waals surface area contributed by atoms with Crippen molar-refractivity contribution in [3.8, 4) is 28.4 Å². The van der Waals surface area contributed by atoms with Gasteiger partial charge in [0.05, 0.1) is 14.2 Å². The van der Waals surface area contributed by atoms with E-state index in [2.05, 4.69) is 97.1 Å². The van der Waals surface area contributed by atoms with E-state index in [4.69, 9.17) is 14.2 Å². The summed E-state index contributed by atoms with van der Waals surface area (Å²) in [6, 6.07) is 30.4. The van der Waals surface area contributed by atoms with Gasteiger partial charge >= 0.3 is 0 Å². The van der Waals surface area contributed by atoms with Crippen molar-refractivity contribution >= 4 is 16.8 Å². The van der Waals surface area contributed by atoms with Crippen LogP contribution in [-0.2, 0) is 12.0 Å². The summed E-state index contributed by atoms with van der Waals surface area (Å²) in [5.74, 6) is 3.57. The Hall–Kier alpha value is -4.50. The fourth-order valence-corrected chi connectivity index (χ4v) is 8.65. The lowest BCUT2D eigenvalue weighted by Gasteiger charge is -2.42. The third-order valence-corrected chi connectivity index (χ3v) is 10.3. The molecule has 1 saturated carbocycles. The first-order valence-electron chi connectivity index (χ1n) is 15.1. The molecular weight excluding hydrogens is 516 g/mol. The first kappa shape index (κ1) is 24.1. The van der Waals surface area contributed by atoms with Crippen LogP contribution >= 0.6 is 0 Å². The SMILES string of the molecule is COc1cc2c3c(c4c5c2c(c1OC)Cc1cccc(c1-5)C1CCCC41)C=CC(c1ccccc1)(c1ccccc1)O3. The summed E-state index contributed by atoms with van der Waals surface area (Å²) >= 11 is 0. The van der Waals surface area contributed by atoms with E-state index < -0.39 is 5.60 Å². The molecule has 0 aromatic heterocycles. The highest BCUT2D eigenvalue weighted by atomic mass is 16.5. The van der Waals surface area contributed by atoms with Crippen LogP contribution < -0.4 is 14.2 Å². The first-order chi connectivity index (χ1) is 20.7. The summed E-state index contributed by atoms with van der Waals surface area (Å²) in [7, 11) is 3.50. The van der Waals surface area contributed by atoms with E-state index in [0.717, 1.165) is 40.2 Å². The molecule has 3 nitrogen and oxygen atoms in total.